The normalized spacial score (nSPS) is 10.0. The third-order valence-electron chi connectivity index (χ3n) is 3.00. The first-order valence-corrected chi connectivity index (χ1v) is 7.28. The van der Waals surface area contributed by atoms with Crippen molar-refractivity contribution in [3.8, 4) is 5.75 Å². The summed E-state index contributed by atoms with van der Waals surface area (Å²) >= 11 is 11.3. The molecule has 0 aromatic heterocycles. The molecule has 2 aromatic rings. The van der Waals surface area contributed by atoms with E-state index in [-0.39, 0.29) is 0 Å². The summed E-state index contributed by atoms with van der Waals surface area (Å²) in [5.41, 5.74) is 2.05. The monoisotopic (exact) mass is 320 g/mol. The molecule has 1 N–H and O–H groups in total. The molecule has 0 radical (unpaired) electrons. The minimum Gasteiger partial charge on any atom is -0.497 e. The van der Waals surface area contributed by atoms with Crippen LogP contribution in [-0.2, 0) is 6.54 Å². The number of hydrogen-bond acceptors (Lipinski definition) is 2. The van der Waals surface area contributed by atoms with Crippen molar-refractivity contribution in [3.63, 3.8) is 0 Å². The Morgan fingerprint density at radius 3 is 2.62 bits per heavy atom. The van der Waals surface area contributed by atoms with Gasteiger partial charge in [-0.2, -0.15) is 0 Å². The van der Waals surface area contributed by atoms with Crippen LogP contribution in [0.25, 0.3) is 0 Å². The highest BCUT2D eigenvalue weighted by atomic mass is 35.5. The van der Waals surface area contributed by atoms with E-state index in [0.717, 1.165) is 22.0 Å². The Morgan fingerprint density at radius 1 is 1.24 bits per heavy atom. The number of hydrogen-bond donors (Lipinski definition) is 1. The Hall–Kier alpha value is -1.78. The molecule has 21 heavy (non-hydrogen) atoms. The molecule has 3 nitrogen and oxygen atoms in total. The molecule has 2 rings (SSSR count). The maximum absolute atomic E-state index is 5.88. The van der Waals surface area contributed by atoms with Crippen LogP contribution >= 0.6 is 23.8 Å². The predicted octanol–water partition coefficient (Wildman–Crippen LogP) is 4.18. The van der Waals surface area contributed by atoms with E-state index in [4.69, 9.17) is 28.6 Å². The highest BCUT2D eigenvalue weighted by Crippen LogP contribution is 2.17. The predicted molar refractivity (Wildman–Crippen MR) is 92.1 cm³/mol. The zero-order chi connectivity index (χ0) is 15.2. The molecule has 0 fully saturated rings. The fourth-order valence-electron chi connectivity index (χ4n) is 1.86. The minimum absolute atomic E-state index is 0.651. The van der Waals surface area contributed by atoms with Gasteiger partial charge in [0.05, 0.1) is 7.11 Å². The van der Waals surface area contributed by atoms with E-state index in [1.54, 1.807) is 7.11 Å². The van der Waals surface area contributed by atoms with Crippen LogP contribution in [0.3, 0.4) is 0 Å². The van der Waals surface area contributed by atoms with Crippen molar-refractivity contribution in [2.45, 2.75) is 6.54 Å². The average molecular weight is 321 g/mol. The Balaban J connectivity index is 1.97. The SMILES string of the molecule is COc1cccc(NC(=S)N(C)Cc2ccc(Cl)cc2)c1. The summed E-state index contributed by atoms with van der Waals surface area (Å²) in [4.78, 5) is 1.97. The van der Waals surface area contributed by atoms with E-state index < -0.39 is 0 Å². The van der Waals surface area contributed by atoms with Crippen LogP contribution in [0.1, 0.15) is 5.56 Å². The molecule has 0 aliphatic rings. The number of benzene rings is 2. The molecule has 110 valence electrons. The van der Waals surface area contributed by atoms with Crippen molar-refractivity contribution in [2.24, 2.45) is 0 Å². The molecule has 2 aromatic carbocycles. The highest BCUT2D eigenvalue weighted by molar-refractivity contribution is 7.80. The number of ether oxygens (including phenoxy) is 1. The van der Waals surface area contributed by atoms with Crippen molar-refractivity contribution in [1.29, 1.82) is 0 Å². The standard InChI is InChI=1S/C16H17ClN2OS/c1-19(11-12-6-8-13(17)9-7-12)16(21)18-14-4-3-5-15(10-14)20-2/h3-10H,11H2,1-2H3,(H,18,21). The number of rotatable bonds is 4. The maximum atomic E-state index is 5.88. The largest absolute Gasteiger partial charge is 0.497 e. The fraction of sp³-hybridized carbons (Fsp3) is 0.188. The number of methoxy groups -OCH3 is 1. The Labute approximate surface area is 135 Å². The molecular formula is C16H17ClN2OS. The van der Waals surface area contributed by atoms with Crippen molar-refractivity contribution < 1.29 is 4.74 Å². The third-order valence-corrected chi connectivity index (χ3v) is 3.67. The molecule has 5 heteroatoms. The lowest BCUT2D eigenvalue weighted by molar-refractivity contribution is 0.415. The van der Waals surface area contributed by atoms with Gasteiger partial charge in [0, 0.05) is 30.4 Å². The first kappa shape index (κ1) is 15.6. The number of nitrogens with zero attached hydrogens (tertiary/aromatic N) is 1. The lowest BCUT2D eigenvalue weighted by Crippen LogP contribution is -2.30. The zero-order valence-corrected chi connectivity index (χ0v) is 13.5. The van der Waals surface area contributed by atoms with Crippen LogP contribution in [0, 0.1) is 0 Å². The van der Waals surface area contributed by atoms with Gasteiger partial charge in [0.1, 0.15) is 5.75 Å². The summed E-state index contributed by atoms with van der Waals surface area (Å²) in [5.74, 6) is 0.795. The number of anilines is 1. The van der Waals surface area contributed by atoms with Crippen molar-refractivity contribution >= 4 is 34.6 Å². The minimum atomic E-state index is 0.651. The molecule has 0 saturated heterocycles. The van der Waals surface area contributed by atoms with Crippen molar-refractivity contribution in [2.75, 3.05) is 19.5 Å². The van der Waals surface area contributed by atoms with Crippen LogP contribution in [0.5, 0.6) is 5.75 Å². The number of thiocarbonyl (C=S) groups is 1. The number of nitrogens with one attached hydrogen (secondary N) is 1. The first-order chi connectivity index (χ1) is 10.1. The molecule has 0 bridgehead atoms. The molecule has 0 heterocycles. The molecule has 0 amide bonds. The van der Waals surface area contributed by atoms with Gasteiger partial charge in [0.2, 0.25) is 0 Å². The maximum Gasteiger partial charge on any atom is 0.173 e. The summed E-state index contributed by atoms with van der Waals surface area (Å²) in [6.07, 6.45) is 0. The van der Waals surface area contributed by atoms with E-state index in [9.17, 15) is 0 Å². The van der Waals surface area contributed by atoms with E-state index >= 15 is 0 Å². The van der Waals surface area contributed by atoms with Crippen LogP contribution in [0.2, 0.25) is 5.02 Å². The van der Waals surface area contributed by atoms with Gasteiger partial charge in [-0.3, -0.25) is 0 Å². The Morgan fingerprint density at radius 2 is 1.95 bits per heavy atom. The van der Waals surface area contributed by atoms with E-state index in [1.807, 2.05) is 60.5 Å². The second kappa shape index (κ2) is 7.29. The van der Waals surface area contributed by atoms with Gasteiger partial charge in [-0.1, -0.05) is 29.8 Å². The fourth-order valence-corrected chi connectivity index (χ4v) is 2.16. The molecule has 0 unspecified atom stereocenters. The molecule has 0 aliphatic carbocycles. The van der Waals surface area contributed by atoms with Gasteiger partial charge < -0.3 is 15.0 Å². The van der Waals surface area contributed by atoms with Crippen molar-refractivity contribution in [3.05, 3.63) is 59.1 Å². The topological polar surface area (TPSA) is 24.5 Å². The van der Waals surface area contributed by atoms with E-state index in [2.05, 4.69) is 5.32 Å². The van der Waals surface area contributed by atoms with Crippen molar-refractivity contribution in [1.82, 2.24) is 4.90 Å². The first-order valence-electron chi connectivity index (χ1n) is 6.49. The molecule has 0 saturated carbocycles. The quantitative estimate of drug-likeness (QED) is 0.854. The Bertz CT molecular complexity index is 616. The van der Waals surface area contributed by atoms with Gasteiger partial charge >= 0.3 is 0 Å². The molecule has 0 spiro atoms. The molecule has 0 atom stereocenters. The molecular weight excluding hydrogens is 304 g/mol. The summed E-state index contributed by atoms with van der Waals surface area (Å²) in [6.45, 7) is 0.715. The lowest BCUT2D eigenvalue weighted by atomic mass is 10.2. The smallest absolute Gasteiger partial charge is 0.173 e. The van der Waals surface area contributed by atoms with Gasteiger partial charge in [-0.15, -0.1) is 0 Å². The summed E-state index contributed by atoms with van der Waals surface area (Å²) in [6, 6.07) is 15.4. The Kier molecular flexibility index (Phi) is 5.42. The zero-order valence-electron chi connectivity index (χ0n) is 12.0. The highest BCUT2D eigenvalue weighted by Gasteiger charge is 2.06. The van der Waals surface area contributed by atoms with Gasteiger partial charge in [0.25, 0.3) is 0 Å². The van der Waals surface area contributed by atoms with Crippen LogP contribution in [0.15, 0.2) is 48.5 Å². The summed E-state index contributed by atoms with van der Waals surface area (Å²) in [5, 5.41) is 4.59. The average Bonchev–Trinajstić information content (AvgIpc) is 2.49. The summed E-state index contributed by atoms with van der Waals surface area (Å²) in [7, 11) is 3.59. The van der Waals surface area contributed by atoms with Crippen LogP contribution in [0.4, 0.5) is 5.69 Å². The number of halogens is 1. The van der Waals surface area contributed by atoms with Crippen LogP contribution in [-0.4, -0.2) is 24.2 Å². The van der Waals surface area contributed by atoms with Gasteiger partial charge in [-0.05, 0) is 42.0 Å². The van der Waals surface area contributed by atoms with E-state index in [0.29, 0.717) is 11.7 Å². The van der Waals surface area contributed by atoms with Crippen LogP contribution < -0.4 is 10.1 Å². The summed E-state index contributed by atoms with van der Waals surface area (Å²) < 4.78 is 5.19. The lowest BCUT2D eigenvalue weighted by Gasteiger charge is -2.21. The molecule has 0 aliphatic heterocycles. The van der Waals surface area contributed by atoms with E-state index in [1.165, 1.54) is 0 Å². The van der Waals surface area contributed by atoms with Gasteiger partial charge in [0.15, 0.2) is 5.11 Å². The second-order valence-corrected chi connectivity index (χ2v) is 5.47. The third kappa shape index (κ3) is 4.62. The second-order valence-electron chi connectivity index (χ2n) is 4.64. The van der Waals surface area contributed by atoms with Gasteiger partial charge in [-0.25, -0.2) is 0 Å².